The van der Waals surface area contributed by atoms with Gasteiger partial charge in [0.25, 0.3) is 0 Å². The molecule has 2 aliphatic heterocycles. The molecule has 9 heteroatoms. The second kappa shape index (κ2) is 10.5. The molecular weight excluding hydrogens is 443 g/mol. The van der Waals surface area contributed by atoms with Gasteiger partial charge in [0.15, 0.2) is 0 Å². The molecule has 1 aromatic heterocycles. The number of carbonyl (C=O) groups is 2. The second-order valence-electron chi connectivity index (χ2n) is 8.74. The highest BCUT2D eigenvalue weighted by atomic mass is 32.1. The van der Waals surface area contributed by atoms with Crippen LogP contribution in [0.25, 0.3) is 0 Å². The summed E-state index contributed by atoms with van der Waals surface area (Å²) in [6.07, 6.45) is 1.25. The minimum absolute atomic E-state index is 0.0385. The van der Waals surface area contributed by atoms with Crippen LogP contribution in [0.3, 0.4) is 0 Å². The fourth-order valence-electron chi connectivity index (χ4n) is 4.44. The number of hydrogen-bond acceptors (Lipinski definition) is 5. The van der Waals surface area contributed by atoms with Gasteiger partial charge in [0, 0.05) is 50.6 Å². The standard InChI is InChI=1S/C24H31FN4O3S/c1-16-13-29(14-17(2)32-16)21-4-3-18(11-20(21)25)12-27-24(31)26-8-5-23(30)28-9-6-22-19(15-28)7-10-33-22/h3-4,7,10-11,16-17H,5-6,8-9,12-15H2,1-2H3,(H2,26,27,31). The number of nitrogens with zero attached hydrogens (tertiary/aromatic N) is 2. The zero-order chi connectivity index (χ0) is 23.4. The van der Waals surface area contributed by atoms with E-state index < -0.39 is 0 Å². The van der Waals surface area contributed by atoms with E-state index in [4.69, 9.17) is 4.74 Å². The molecule has 0 aliphatic carbocycles. The maximum absolute atomic E-state index is 14.7. The van der Waals surface area contributed by atoms with Crippen molar-refractivity contribution in [2.75, 3.05) is 31.1 Å². The molecule has 4 rings (SSSR count). The monoisotopic (exact) mass is 474 g/mol. The summed E-state index contributed by atoms with van der Waals surface area (Å²) in [5.41, 5.74) is 2.45. The molecule has 0 radical (unpaired) electrons. The number of carbonyl (C=O) groups excluding carboxylic acids is 2. The molecule has 2 unspecified atom stereocenters. The molecule has 0 saturated carbocycles. The lowest BCUT2D eigenvalue weighted by molar-refractivity contribution is -0.131. The number of fused-ring (bicyclic) bond motifs is 1. The van der Waals surface area contributed by atoms with Crippen LogP contribution in [-0.4, -0.2) is 55.2 Å². The Labute approximate surface area is 197 Å². The molecule has 1 saturated heterocycles. The van der Waals surface area contributed by atoms with Crippen molar-refractivity contribution >= 4 is 29.0 Å². The summed E-state index contributed by atoms with van der Waals surface area (Å²) < 4.78 is 20.4. The van der Waals surface area contributed by atoms with Gasteiger partial charge in [-0.1, -0.05) is 6.07 Å². The van der Waals surface area contributed by atoms with E-state index in [-0.39, 0.29) is 49.5 Å². The van der Waals surface area contributed by atoms with Crippen molar-refractivity contribution in [2.24, 2.45) is 0 Å². The fourth-order valence-corrected chi connectivity index (χ4v) is 5.33. The highest BCUT2D eigenvalue weighted by molar-refractivity contribution is 7.10. The number of rotatable bonds is 6. The number of morpholine rings is 1. The van der Waals surface area contributed by atoms with Crippen LogP contribution in [0.5, 0.6) is 0 Å². The summed E-state index contributed by atoms with van der Waals surface area (Å²) in [6, 6.07) is 6.73. The van der Waals surface area contributed by atoms with E-state index in [0.717, 1.165) is 13.0 Å². The number of ether oxygens (including phenoxy) is 1. The van der Waals surface area contributed by atoms with Gasteiger partial charge in [-0.3, -0.25) is 4.79 Å². The van der Waals surface area contributed by atoms with Gasteiger partial charge in [0.2, 0.25) is 5.91 Å². The third-order valence-electron chi connectivity index (χ3n) is 6.01. The van der Waals surface area contributed by atoms with E-state index in [0.29, 0.717) is 30.9 Å². The average molecular weight is 475 g/mol. The predicted molar refractivity (Wildman–Crippen MR) is 127 cm³/mol. The van der Waals surface area contributed by atoms with Crippen molar-refractivity contribution in [2.45, 2.75) is 52.0 Å². The average Bonchev–Trinajstić information content (AvgIpc) is 3.25. The van der Waals surface area contributed by atoms with E-state index in [9.17, 15) is 14.0 Å². The first-order valence-corrected chi connectivity index (χ1v) is 12.3. The van der Waals surface area contributed by atoms with Gasteiger partial charge < -0.3 is 25.2 Å². The zero-order valence-electron chi connectivity index (χ0n) is 19.1. The minimum atomic E-state index is -0.373. The third-order valence-corrected chi connectivity index (χ3v) is 7.03. The number of urea groups is 1. The molecular formula is C24H31FN4O3S. The minimum Gasteiger partial charge on any atom is -0.372 e. The van der Waals surface area contributed by atoms with Crippen LogP contribution >= 0.6 is 11.3 Å². The van der Waals surface area contributed by atoms with Crippen molar-refractivity contribution in [3.8, 4) is 0 Å². The topological polar surface area (TPSA) is 73.9 Å². The summed E-state index contributed by atoms with van der Waals surface area (Å²) in [4.78, 5) is 29.7. The molecule has 2 atom stereocenters. The summed E-state index contributed by atoms with van der Waals surface area (Å²) in [7, 11) is 0. The zero-order valence-corrected chi connectivity index (χ0v) is 19.9. The predicted octanol–water partition coefficient (Wildman–Crippen LogP) is 3.28. The quantitative estimate of drug-likeness (QED) is 0.674. The van der Waals surface area contributed by atoms with E-state index >= 15 is 0 Å². The normalized spacial score (nSPS) is 20.3. The molecule has 2 aliphatic rings. The lowest BCUT2D eigenvalue weighted by Crippen LogP contribution is -2.45. The van der Waals surface area contributed by atoms with Crippen molar-refractivity contribution in [3.05, 3.63) is 51.5 Å². The van der Waals surface area contributed by atoms with Crippen LogP contribution in [0.15, 0.2) is 29.6 Å². The number of amides is 3. The third kappa shape index (κ3) is 6.03. The Morgan fingerprint density at radius 3 is 2.73 bits per heavy atom. The van der Waals surface area contributed by atoms with Gasteiger partial charge in [-0.2, -0.15) is 0 Å². The Bertz CT molecular complexity index is 988. The maximum Gasteiger partial charge on any atom is 0.315 e. The lowest BCUT2D eigenvalue weighted by Gasteiger charge is -2.37. The number of nitrogens with one attached hydrogen (secondary N) is 2. The molecule has 7 nitrogen and oxygen atoms in total. The van der Waals surface area contributed by atoms with Crippen molar-refractivity contribution in [1.82, 2.24) is 15.5 Å². The largest absolute Gasteiger partial charge is 0.372 e. The number of halogens is 1. The van der Waals surface area contributed by atoms with E-state index in [1.807, 2.05) is 29.7 Å². The smallest absolute Gasteiger partial charge is 0.315 e. The lowest BCUT2D eigenvalue weighted by atomic mass is 10.1. The van der Waals surface area contributed by atoms with Gasteiger partial charge in [-0.05, 0) is 55.0 Å². The van der Waals surface area contributed by atoms with Crippen LogP contribution in [0.1, 0.15) is 36.3 Å². The molecule has 178 valence electrons. The molecule has 2 aromatic rings. The molecule has 3 heterocycles. The van der Waals surface area contributed by atoms with E-state index in [2.05, 4.69) is 22.1 Å². The molecule has 0 spiro atoms. The van der Waals surface area contributed by atoms with Crippen LogP contribution in [0.4, 0.5) is 14.9 Å². The first kappa shape index (κ1) is 23.5. The fraction of sp³-hybridized carbons (Fsp3) is 0.500. The van der Waals surface area contributed by atoms with Gasteiger partial charge in [-0.15, -0.1) is 11.3 Å². The van der Waals surface area contributed by atoms with Gasteiger partial charge in [0.05, 0.1) is 17.9 Å². The first-order chi connectivity index (χ1) is 15.9. The van der Waals surface area contributed by atoms with Gasteiger partial charge >= 0.3 is 6.03 Å². The van der Waals surface area contributed by atoms with Gasteiger partial charge in [-0.25, -0.2) is 9.18 Å². The molecule has 33 heavy (non-hydrogen) atoms. The number of benzene rings is 1. The molecule has 3 amide bonds. The summed E-state index contributed by atoms with van der Waals surface area (Å²) in [5, 5.41) is 7.50. The maximum atomic E-state index is 14.7. The van der Waals surface area contributed by atoms with Crippen molar-refractivity contribution in [1.29, 1.82) is 0 Å². The Kier molecular flexibility index (Phi) is 7.49. The van der Waals surface area contributed by atoms with Crippen LogP contribution < -0.4 is 15.5 Å². The van der Waals surface area contributed by atoms with Crippen molar-refractivity contribution in [3.63, 3.8) is 0 Å². The number of anilines is 1. The Morgan fingerprint density at radius 1 is 1.18 bits per heavy atom. The number of hydrogen-bond donors (Lipinski definition) is 2. The first-order valence-electron chi connectivity index (χ1n) is 11.4. The Hall–Kier alpha value is -2.65. The van der Waals surface area contributed by atoms with Crippen molar-refractivity contribution < 1.29 is 18.7 Å². The summed E-state index contributed by atoms with van der Waals surface area (Å²) in [5.74, 6) is -0.270. The number of thiophene rings is 1. The van der Waals surface area contributed by atoms with Gasteiger partial charge in [0.1, 0.15) is 5.82 Å². The summed E-state index contributed by atoms with van der Waals surface area (Å²) >= 11 is 1.74. The summed E-state index contributed by atoms with van der Waals surface area (Å²) in [6.45, 7) is 7.10. The van der Waals surface area contributed by atoms with Crippen LogP contribution in [-0.2, 0) is 29.0 Å². The highest BCUT2D eigenvalue weighted by Gasteiger charge is 2.24. The second-order valence-corrected chi connectivity index (χ2v) is 9.74. The molecule has 1 fully saturated rings. The Balaban J connectivity index is 1.19. The Morgan fingerprint density at radius 2 is 1.97 bits per heavy atom. The molecule has 2 N–H and O–H groups in total. The van der Waals surface area contributed by atoms with Crippen LogP contribution in [0, 0.1) is 5.82 Å². The molecule has 0 bridgehead atoms. The van der Waals surface area contributed by atoms with Crippen LogP contribution in [0.2, 0.25) is 0 Å². The SMILES string of the molecule is CC1CN(c2ccc(CNC(=O)NCCC(=O)N3CCc4sccc4C3)cc2F)CC(C)O1. The van der Waals surface area contributed by atoms with E-state index in [1.165, 1.54) is 16.5 Å². The highest BCUT2D eigenvalue weighted by Crippen LogP contribution is 2.25. The van der Waals surface area contributed by atoms with E-state index in [1.54, 1.807) is 17.4 Å². The molecule has 1 aromatic carbocycles.